The molecular formula is C17H20ClNO. The molecule has 0 unspecified atom stereocenters. The van der Waals surface area contributed by atoms with Crippen LogP contribution < -0.4 is 0 Å². The summed E-state index contributed by atoms with van der Waals surface area (Å²) < 4.78 is 5.45. The topological polar surface area (TPSA) is 12.5 Å². The van der Waals surface area contributed by atoms with E-state index in [1.54, 1.807) is 0 Å². The molecule has 1 fully saturated rings. The zero-order valence-corrected chi connectivity index (χ0v) is 12.4. The van der Waals surface area contributed by atoms with E-state index in [2.05, 4.69) is 29.2 Å². The first-order valence-electron chi connectivity index (χ1n) is 7.32. The average Bonchev–Trinajstić information content (AvgIpc) is 2.51. The van der Waals surface area contributed by atoms with Gasteiger partial charge in [0.15, 0.2) is 0 Å². The Balaban J connectivity index is 1.84. The van der Waals surface area contributed by atoms with Crippen molar-refractivity contribution >= 4 is 17.7 Å². The summed E-state index contributed by atoms with van der Waals surface area (Å²) in [6.45, 7) is 3.69. The van der Waals surface area contributed by atoms with Gasteiger partial charge in [-0.25, -0.2) is 0 Å². The molecule has 1 aliphatic carbocycles. The Morgan fingerprint density at radius 1 is 1.10 bits per heavy atom. The zero-order valence-electron chi connectivity index (χ0n) is 11.6. The summed E-state index contributed by atoms with van der Waals surface area (Å²) in [4.78, 5) is 2.46. The number of allylic oxidation sites excluding steroid dienone is 2. The van der Waals surface area contributed by atoms with Gasteiger partial charge in [-0.05, 0) is 48.6 Å². The lowest BCUT2D eigenvalue weighted by molar-refractivity contribution is 0.0542. The normalized spacial score (nSPS) is 21.9. The molecule has 3 heteroatoms. The molecule has 1 aromatic rings. The van der Waals surface area contributed by atoms with Crippen molar-refractivity contribution in [2.45, 2.75) is 19.3 Å². The highest BCUT2D eigenvalue weighted by molar-refractivity contribution is 6.30. The van der Waals surface area contributed by atoms with Crippen molar-refractivity contribution < 1.29 is 4.74 Å². The van der Waals surface area contributed by atoms with E-state index in [9.17, 15) is 0 Å². The Bertz CT molecular complexity index is 512. The van der Waals surface area contributed by atoms with Crippen LogP contribution in [-0.4, -0.2) is 31.2 Å². The van der Waals surface area contributed by atoms with E-state index in [1.807, 2.05) is 12.1 Å². The van der Waals surface area contributed by atoms with Gasteiger partial charge in [0, 0.05) is 23.8 Å². The van der Waals surface area contributed by atoms with Crippen LogP contribution in [0.3, 0.4) is 0 Å². The fraction of sp³-hybridized carbons (Fsp3) is 0.412. The van der Waals surface area contributed by atoms with Gasteiger partial charge in [0.2, 0.25) is 0 Å². The van der Waals surface area contributed by atoms with Gasteiger partial charge in [-0.3, -0.25) is 0 Å². The van der Waals surface area contributed by atoms with Crippen molar-refractivity contribution in [2.24, 2.45) is 0 Å². The van der Waals surface area contributed by atoms with Crippen LogP contribution in [0.1, 0.15) is 24.8 Å². The van der Waals surface area contributed by atoms with Crippen LogP contribution >= 0.6 is 11.6 Å². The van der Waals surface area contributed by atoms with Gasteiger partial charge in [-0.1, -0.05) is 29.8 Å². The maximum atomic E-state index is 5.95. The molecule has 0 aromatic heterocycles. The van der Waals surface area contributed by atoms with Crippen LogP contribution in [-0.2, 0) is 4.74 Å². The van der Waals surface area contributed by atoms with Gasteiger partial charge in [0.05, 0.1) is 13.2 Å². The Hall–Kier alpha value is -1.25. The summed E-state index contributed by atoms with van der Waals surface area (Å²) in [5.41, 5.74) is 4.08. The number of rotatable bonds is 2. The van der Waals surface area contributed by atoms with E-state index in [0.717, 1.165) is 37.7 Å². The summed E-state index contributed by atoms with van der Waals surface area (Å²) in [6.07, 6.45) is 8.27. The summed E-state index contributed by atoms with van der Waals surface area (Å²) in [7, 11) is 0. The molecule has 0 N–H and O–H groups in total. The van der Waals surface area contributed by atoms with Gasteiger partial charge in [-0.2, -0.15) is 0 Å². The van der Waals surface area contributed by atoms with E-state index in [1.165, 1.54) is 29.7 Å². The molecule has 0 bridgehead atoms. The Morgan fingerprint density at radius 2 is 1.85 bits per heavy atom. The lowest BCUT2D eigenvalue weighted by Gasteiger charge is -2.34. The predicted octanol–water partition coefficient (Wildman–Crippen LogP) is 4.12. The minimum absolute atomic E-state index is 0.791. The molecule has 106 valence electrons. The molecule has 1 aromatic carbocycles. The Morgan fingerprint density at radius 3 is 2.60 bits per heavy atom. The minimum atomic E-state index is 0.791. The van der Waals surface area contributed by atoms with Crippen LogP contribution in [0.25, 0.3) is 6.08 Å². The fourth-order valence-corrected chi connectivity index (χ4v) is 2.96. The third-order valence-electron chi connectivity index (χ3n) is 3.88. The molecule has 2 nitrogen and oxygen atoms in total. The van der Waals surface area contributed by atoms with Crippen molar-refractivity contribution in [3.05, 3.63) is 52.2 Å². The van der Waals surface area contributed by atoms with Gasteiger partial charge >= 0.3 is 0 Å². The van der Waals surface area contributed by atoms with Gasteiger partial charge in [-0.15, -0.1) is 0 Å². The second-order valence-electron chi connectivity index (χ2n) is 5.30. The highest BCUT2D eigenvalue weighted by Crippen LogP contribution is 2.29. The molecule has 0 saturated carbocycles. The summed E-state index contributed by atoms with van der Waals surface area (Å²) in [5, 5.41) is 0.791. The van der Waals surface area contributed by atoms with E-state index in [4.69, 9.17) is 16.3 Å². The highest BCUT2D eigenvalue weighted by Gasteiger charge is 2.19. The van der Waals surface area contributed by atoms with Crippen molar-refractivity contribution in [3.63, 3.8) is 0 Å². The number of hydrogen-bond acceptors (Lipinski definition) is 2. The van der Waals surface area contributed by atoms with Crippen molar-refractivity contribution in [1.29, 1.82) is 0 Å². The van der Waals surface area contributed by atoms with Gasteiger partial charge < -0.3 is 9.64 Å². The number of nitrogens with zero attached hydrogens (tertiary/aromatic N) is 1. The number of halogens is 1. The molecule has 0 spiro atoms. The minimum Gasteiger partial charge on any atom is -0.378 e. The maximum absolute atomic E-state index is 5.95. The molecule has 1 heterocycles. The molecule has 3 rings (SSSR count). The first-order valence-corrected chi connectivity index (χ1v) is 7.70. The third-order valence-corrected chi connectivity index (χ3v) is 4.13. The number of ether oxygens (including phenoxy) is 1. The van der Waals surface area contributed by atoms with Gasteiger partial charge in [0.1, 0.15) is 0 Å². The number of hydrogen-bond donors (Lipinski definition) is 0. The molecule has 20 heavy (non-hydrogen) atoms. The largest absolute Gasteiger partial charge is 0.378 e. The second kappa shape index (κ2) is 6.47. The molecular weight excluding hydrogens is 270 g/mol. The monoisotopic (exact) mass is 289 g/mol. The molecule has 0 radical (unpaired) electrons. The molecule has 2 aliphatic rings. The fourth-order valence-electron chi connectivity index (χ4n) is 2.83. The van der Waals surface area contributed by atoms with E-state index in [-0.39, 0.29) is 0 Å². The van der Waals surface area contributed by atoms with Crippen molar-refractivity contribution in [3.8, 4) is 0 Å². The Labute approximate surface area is 125 Å². The van der Waals surface area contributed by atoms with E-state index in [0.29, 0.717) is 0 Å². The van der Waals surface area contributed by atoms with Crippen LogP contribution in [0.5, 0.6) is 0 Å². The summed E-state index contributed by atoms with van der Waals surface area (Å²) >= 11 is 5.95. The summed E-state index contributed by atoms with van der Waals surface area (Å²) in [6, 6.07) is 8.07. The lowest BCUT2D eigenvalue weighted by atomic mass is 9.95. The molecule has 0 atom stereocenters. The standard InChI is InChI=1S/C17H20ClNO/c18-16-7-5-14(6-8-16)13-15-3-1-2-4-17(15)19-9-11-20-12-10-19/h4-8,13H,1-3,9-12H2/b15-13+. The summed E-state index contributed by atoms with van der Waals surface area (Å²) in [5.74, 6) is 0. The van der Waals surface area contributed by atoms with Crippen molar-refractivity contribution in [1.82, 2.24) is 4.90 Å². The van der Waals surface area contributed by atoms with Gasteiger partial charge in [0.25, 0.3) is 0 Å². The molecule has 1 saturated heterocycles. The van der Waals surface area contributed by atoms with Crippen LogP contribution in [0.2, 0.25) is 5.02 Å². The third kappa shape index (κ3) is 3.25. The lowest BCUT2D eigenvalue weighted by Crippen LogP contribution is -2.36. The molecule has 0 amide bonds. The number of benzene rings is 1. The number of morpholine rings is 1. The van der Waals surface area contributed by atoms with Crippen LogP contribution in [0, 0.1) is 0 Å². The second-order valence-corrected chi connectivity index (χ2v) is 5.74. The Kier molecular flexibility index (Phi) is 4.44. The van der Waals surface area contributed by atoms with Crippen LogP contribution in [0.4, 0.5) is 0 Å². The quantitative estimate of drug-likeness (QED) is 0.812. The molecule has 1 aliphatic heterocycles. The van der Waals surface area contributed by atoms with Crippen molar-refractivity contribution in [2.75, 3.05) is 26.3 Å². The van der Waals surface area contributed by atoms with Crippen LogP contribution in [0.15, 0.2) is 41.6 Å². The first kappa shape index (κ1) is 13.7. The first-order chi connectivity index (χ1) is 9.83. The highest BCUT2D eigenvalue weighted by atomic mass is 35.5. The van der Waals surface area contributed by atoms with E-state index >= 15 is 0 Å². The predicted molar refractivity (Wildman–Crippen MR) is 83.8 cm³/mol. The average molecular weight is 290 g/mol. The maximum Gasteiger partial charge on any atom is 0.0642 e. The smallest absolute Gasteiger partial charge is 0.0642 e. The van der Waals surface area contributed by atoms with E-state index < -0.39 is 0 Å². The zero-order chi connectivity index (χ0) is 13.8. The SMILES string of the molecule is Clc1ccc(/C=C2\CCCC=C2N2CCOCC2)cc1.